The molecule has 0 N–H and O–H groups in total. The Labute approximate surface area is 170 Å². The first kappa shape index (κ1) is 18.7. The number of carbonyl (C=O) groups excluding carboxylic acids is 1. The van der Waals surface area contributed by atoms with Gasteiger partial charge in [0.2, 0.25) is 0 Å². The maximum Gasteiger partial charge on any atom is 0.267 e. The van der Waals surface area contributed by atoms with Gasteiger partial charge in [0.25, 0.3) is 5.56 Å². The number of carbonyl (C=O) groups is 1. The second-order valence-electron chi connectivity index (χ2n) is 6.54. The van der Waals surface area contributed by atoms with Crippen LogP contribution < -0.4 is 5.56 Å². The van der Waals surface area contributed by atoms with E-state index in [1.54, 1.807) is 10.6 Å². The number of Topliss-reactive ketones (excluding diaryl/α,β-unsaturated/α-hetero) is 1. The number of nitrogens with zero attached hydrogens (tertiary/aromatic N) is 2. The number of hydrogen-bond donors (Lipinski definition) is 0. The molecule has 0 unspecified atom stereocenters. The van der Waals surface area contributed by atoms with Gasteiger partial charge in [-0.15, -0.1) is 11.3 Å². The number of hydrogen-bond acceptors (Lipinski definition) is 5. The molecule has 0 aliphatic heterocycles. The van der Waals surface area contributed by atoms with Crippen LogP contribution in [0.3, 0.4) is 0 Å². The first-order valence-electron chi connectivity index (χ1n) is 8.83. The highest BCUT2D eigenvalue weighted by atomic mass is 32.2. The lowest BCUT2D eigenvalue weighted by molar-refractivity contribution is 0.102. The highest BCUT2D eigenvalue weighted by Crippen LogP contribution is 2.25. The Morgan fingerprint density at radius 1 is 1.11 bits per heavy atom. The average molecular weight is 407 g/mol. The molecule has 140 valence electrons. The van der Waals surface area contributed by atoms with E-state index in [2.05, 4.69) is 4.98 Å². The molecule has 4 nitrogen and oxygen atoms in total. The van der Waals surface area contributed by atoms with E-state index in [4.69, 9.17) is 0 Å². The minimum Gasteiger partial charge on any atom is -0.293 e. The molecular weight excluding hydrogens is 388 g/mol. The SMILES string of the molecule is Cc1ccc(C)c(C(=O)CSc2nc3sccc3c(=O)n2-c2ccccc2)c1. The van der Waals surface area contributed by atoms with Crippen molar-refractivity contribution in [2.75, 3.05) is 5.75 Å². The van der Waals surface area contributed by atoms with Crippen LogP contribution in [0.1, 0.15) is 21.5 Å². The number of ketones is 1. The summed E-state index contributed by atoms with van der Waals surface area (Å²) in [6.07, 6.45) is 0. The average Bonchev–Trinajstić information content (AvgIpc) is 3.17. The van der Waals surface area contributed by atoms with Gasteiger partial charge in [-0.25, -0.2) is 4.98 Å². The standard InChI is InChI=1S/C22H18N2O2S2/c1-14-8-9-15(2)18(12-14)19(25)13-28-22-23-20-17(10-11-27-20)21(26)24(22)16-6-4-3-5-7-16/h3-12H,13H2,1-2H3. The summed E-state index contributed by atoms with van der Waals surface area (Å²) in [6.45, 7) is 3.91. The second kappa shape index (κ2) is 7.73. The fourth-order valence-electron chi connectivity index (χ4n) is 3.04. The molecule has 2 heterocycles. The highest BCUT2D eigenvalue weighted by molar-refractivity contribution is 7.99. The van der Waals surface area contributed by atoms with E-state index < -0.39 is 0 Å². The maximum atomic E-state index is 13.1. The summed E-state index contributed by atoms with van der Waals surface area (Å²) in [5.74, 6) is 0.256. The zero-order chi connectivity index (χ0) is 19.7. The van der Waals surface area contributed by atoms with E-state index in [1.807, 2.05) is 67.8 Å². The topological polar surface area (TPSA) is 52.0 Å². The van der Waals surface area contributed by atoms with Gasteiger partial charge in [0.1, 0.15) is 4.83 Å². The molecule has 0 bridgehead atoms. The quantitative estimate of drug-likeness (QED) is 0.265. The molecule has 0 amide bonds. The Bertz CT molecular complexity index is 1230. The Kier molecular flexibility index (Phi) is 5.15. The monoisotopic (exact) mass is 406 g/mol. The molecule has 2 aromatic heterocycles. The van der Waals surface area contributed by atoms with Crippen LogP contribution in [-0.4, -0.2) is 21.1 Å². The Hall–Kier alpha value is -2.70. The molecule has 6 heteroatoms. The molecule has 0 fully saturated rings. The van der Waals surface area contributed by atoms with Gasteiger partial charge in [0.15, 0.2) is 10.9 Å². The Balaban J connectivity index is 1.73. The predicted octanol–water partition coefficient (Wildman–Crippen LogP) is 5.04. The number of aromatic nitrogens is 2. The molecule has 0 saturated heterocycles. The number of thioether (sulfide) groups is 1. The van der Waals surface area contributed by atoms with E-state index >= 15 is 0 Å². The van der Waals surface area contributed by atoms with Gasteiger partial charge in [0.05, 0.1) is 16.8 Å². The van der Waals surface area contributed by atoms with E-state index in [-0.39, 0.29) is 17.1 Å². The molecule has 4 rings (SSSR count). The van der Waals surface area contributed by atoms with Gasteiger partial charge in [-0.3, -0.25) is 14.2 Å². The number of benzene rings is 2. The van der Waals surface area contributed by atoms with Gasteiger partial charge in [-0.05, 0) is 49.1 Å². The molecule has 4 aromatic rings. The maximum absolute atomic E-state index is 13.1. The molecule has 28 heavy (non-hydrogen) atoms. The fraction of sp³-hybridized carbons (Fsp3) is 0.136. The van der Waals surface area contributed by atoms with Gasteiger partial charge >= 0.3 is 0 Å². The zero-order valence-corrected chi connectivity index (χ0v) is 17.1. The van der Waals surface area contributed by atoms with E-state index in [1.165, 1.54) is 23.1 Å². The number of fused-ring (bicyclic) bond motifs is 1. The van der Waals surface area contributed by atoms with Gasteiger partial charge in [-0.1, -0.05) is 47.7 Å². The van der Waals surface area contributed by atoms with Crippen LogP contribution in [-0.2, 0) is 0 Å². The van der Waals surface area contributed by atoms with Crippen LogP contribution in [0.4, 0.5) is 0 Å². The van der Waals surface area contributed by atoms with Crippen molar-refractivity contribution >= 4 is 39.1 Å². The molecule has 0 saturated carbocycles. The van der Waals surface area contributed by atoms with Crippen molar-refractivity contribution in [1.29, 1.82) is 0 Å². The van der Waals surface area contributed by atoms with E-state index in [0.29, 0.717) is 15.4 Å². The lowest BCUT2D eigenvalue weighted by atomic mass is 10.0. The third kappa shape index (κ3) is 3.53. The fourth-order valence-corrected chi connectivity index (χ4v) is 4.74. The summed E-state index contributed by atoms with van der Waals surface area (Å²) in [6, 6.07) is 17.1. The number of para-hydroxylation sites is 1. The van der Waals surface area contributed by atoms with Crippen LogP contribution in [0.25, 0.3) is 15.9 Å². The zero-order valence-electron chi connectivity index (χ0n) is 15.5. The first-order valence-corrected chi connectivity index (χ1v) is 10.7. The predicted molar refractivity (Wildman–Crippen MR) is 116 cm³/mol. The van der Waals surface area contributed by atoms with Crippen LogP contribution >= 0.6 is 23.1 Å². The molecule has 0 aliphatic rings. The van der Waals surface area contributed by atoms with Gasteiger partial charge < -0.3 is 0 Å². The van der Waals surface area contributed by atoms with Gasteiger partial charge in [-0.2, -0.15) is 0 Å². The molecule has 2 aromatic carbocycles. The summed E-state index contributed by atoms with van der Waals surface area (Å²) in [7, 11) is 0. The van der Waals surface area contributed by atoms with Crippen molar-refractivity contribution in [2.24, 2.45) is 0 Å². The van der Waals surface area contributed by atoms with Crippen molar-refractivity contribution in [3.05, 3.63) is 87.0 Å². The van der Waals surface area contributed by atoms with E-state index in [9.17, 15) is 9.59 Å². The summed E-state index contributed by atoms with van der Waals surface area (Å²) >= 11 is 2.73. The third-order valence-electron chi connectivity index (χ3n) is 4.51. The van der Waals surface area contributed by atoms with Crippen LogP contribution in [0, 0.1) is 13.8 Å². The van der Waals surface area contributed by atoms with Crippen molar-refractivity contribution in [3.63, 3.8) is 0 Å². The Morgan fingerprint density at radius 3 is 2.68 bits per heavy atom. The van der Waals surface area contributed by atoms with Crippen molar-refractivity contribution in [2.45, 2.75) is 19.0 Å². The van der Waals surface area contributed by atoms with Gasteiger partial charge in [0, 0.05) is 5.56 Å². The number of aryl methyl sites for hydroxylation is 2. The molecule has 0 atom stereocenters. The number of thiophene rings is 1. The number of rotatable bonds is 5. The largest absolute Gasteiger partial charge is 0.293 e. The Morgan fingerprint density at radius 2 is 1.89 bits per heavy atom. The summed E-state index contributed by atoms with van der Waals surface area (Å²) in [4.78, 5) is 31.2. The minimum atomic E-state index is -0.112. The smallest absolute Gasteiger partial charge is 0.267 e. The molecule has 0 spiro atoms. The molecule has 0 radical (unpaired) electrons. The molecular formula is C22H18N2O2S2. The molecule has 0 aliphatic carbocycles. The summed E-state index contributed by atoms with van der Waals surface area (Å²) in [5.41, 5.74) is 3.36. The van der Waals surface area contributed by atoms with E-state index in [0.717, 1.165) is 22.4 Å². The van der Waals surface area contributed by atoms with Crippen LogP contribution in [0.15, 0.2) is 69.9 Å². The minimum absolute atomic E-state index is 0.0336. The second-order valence-corrected chi connectivity index (χ2v) is 8.38. The van der Waals surface area contributed by atoms with Crippen molar-refractivity contribution < 1.29 is 4.79 Å². The third-order valence-corrected chi connectivity index (χ3v) is 6.25. The highest BCUT2D eigenvalue weighted by Gasteiger charge is 2.17. The first-order chi connectivity index (χ1) is 13.5. The summed E-state index contributed by atoms with van der Waals surface area (Å²) < 4.78 is 1.59. The normalized spacial score (nSPS) is 11.1. The van der Waals surface area contributed by atoms with Crippen molar-refractivity contribution in [1.82, 2.24) is 9.55 Å². The van der Waals surface area contributed by atoms with Crippen molar-refractivity contribution in [3.8, 4) is 5.69 Å². The summed E-state index contributed by atoms with van der Waals surface area (Å²) in [5, 5.41) is 2.99. The van der Waals surface area contributed by atoms with Crippen LogP contribution in [0.2, 0.25) is 0 Å². The van der Waals surface area contributed by atoms with Crippen LogP contribution in [0.5, 0.6) is 0 Å². The lowest BCUT2D eigenvalue weighted by Gasteiger charge is -2.12. The lowest BCUT2D eigenvalue weighted by Crippen LogP contribution is -2.21.